The van der Waals surface area contributed by atoms with Gasteiger partial charge in [0.1, 0.15) is 0 Å². The zero-order valence-corrected chi connectivity index (χ0v) is 32.0. The number of anilines is 3. The van der Waals surface area contributed by atoms with Gasteiger partial charge in [-0.3, -0.25) is 0 Å². The highest BCUT2D eigenvalue weighted by Gasteiger charge is 2.23. The lowest BCUT2D eigenvalue weighted by Crippen LogP contribution is -2.10. The molecule has 0 N–H and O–H groups in total. The molecule has 0 bridgehead atoms. The Morgan fingerprint density at radius 3 is 1.50 bits per heavy atom. The monoisotopic (exact) mass is 737 g/mol. The van der Waals surface area contributed by atoms with Crippen LogP contribution in [0.3, 0.4) is 0 Å². The lowest BCUT2D eigenvalue weighted by Gasteiger charge is -2.28. The summed E-state index contributed by atoms with van der Waals surface area (Å²) in [6.07, 6.45) is 0.939. The minimum Gasteiger partial charge on any atom is -0.310 e. The lowest BCUT2D eigenvalue weighted by atomic mass is 9.95. The summed E-state index contributed by atoms with van der Waals surface area (Å²) in [5.74, 6) is 0. The number of hydrogen-bond donors (Lipinski definition) is 0. The van der Waals surface area contributed by atoms with Crippen molar-refractivity contribution < 1.29 is 0 Å². The molecule has 0 amide bonds. The lowest BCUT2D eigenvalue weighted by molar-refractivity contribution is 1.26. The third kappa shape index (κ3) is 5.97. The van der Waals surface area contributed by atoms with E-state index in [-0.39, 0.29) is 0 Å². The Kier molecular flexibility index (Phi) is 8.30. The van der Waals surface area contributed by atoms with Gasteiger partial charge >= 0.3 is 0 Å². The number of hydrogen-bond acceptors (Lipinski definition) is 1. The van der Waals surface area contributed by atoms with Crippen LogP contribution in [0.5, 0.6) is 0 Å². The Hall–Kier alpha value is -7.48. The van der Waals surface area contributed by atoms with Crippen LogP contribution in [0, 0.1) is 0 Å². The van der Waals surface area contributed by atoms with Crippen molar-refractivity contribution in [2.45, 2.75) is 6.42 Å². The first-order valence-electron chi connectivity index (χ1n) is 20.1. The minimum absolute atomic E-state index is 0.939. The molecule has 1 aliphatic rings. The van der Waals surface area contributed by atoms with Crippen molar-refractivity contribution in [2.75, 3.05) is 4.90 Å². The predicted molar refractivity (Wildman–Crippen MR) is 246 cm³/mol. The van der Waals surface area contributed by atoms with Crippen LogP contribution >= 0.6 is 0 Å². The summed E-state index contributed by atoms with van der Waals surface area (Å²) in [5, 5.41) is 4.96. The van der Waals surface area contributed by atoms with Gasteiger partial charge in [0.2, 0.25) is 0 Å². The summed E-state index contributed by atoms with van der Waals surface area (Å²) in [4.78, 5) is 2.43. The van der Waals surface area contributed by atoms with Gasteiger partial charge in [0, 0.05) is 16.8 Å². The molecule has 58 heavy (non-hydrogen) atoms. The normalized spacial score (nSPS) is 11.7. The third-order valence-electron chi connectivity index (χ3n) is 11.9. The molecular weight excluding hydrogens is 699 g/mol. The van der Waals surface area contributed by atoms with Crippen molar-refractivity contribution in [2.24, 2.45) is 0 Å². The van der Waals surface area contributed by atoms with Gasteiger partial charge in [0.15, 0.2) is 0 Å². The summed E-state index contributed by atoms with van der Waals surface area (Å²) in [7, 11) is 0. The Bertz CT molecular complexity index is 3090. The summed E-state index contributed by atoms with van der Waals surface area (Å²) < 4.78 is 0. The molecule has 0 radical (unpaired) electrons. The Morgan fingerprint density at radius 2 is 0.810 bits per heavy atom. The highest BCUT2D eigenvalue weighted by Crippen LogP contribution is 2.45. The van der Waals surface area contributed by atoms with Crippen molar-refractivity contribution in [3.63, 3.8) is 0 Å². The Labute approximate surface area is 339 Å². The molecule has 0 spiro atoms. The van der Waals surface area contributed by atoms with E-state index in [0.29, 0.717) is 0 Å². The van der Waals surface area contributed by atoms with E-state index in [1.54, 1.807) is 0 Å². The maximum atomic E-state index is 2.43. The summed E-state index contributed by atoms with van der Waals surface area (Å²) >= 11 is 0. The molecule has 0 unspecified atom stereocenters. The molecule has 0 atom stereocenters. The van der Waals surface area contributed by atoms with E-state index in [1.807, 2.05) is 0 Å². The molecule has 1 nitrogen and oxygen atoms in total. The van der Waals surface area contributed by atoms with Gasteiger partial charge < -0.3 is 4.90 Å². The maximum Gasteiger partial charge on any atom is 0.0546 e. The fraction of sp³-hybridized carbons (Fsp3) is 0.0175. The highest BCUT2D eigenvalue weighted by atomic mass is 15.1. The van der Waals surface area contributed by atoms with Crippen LogP contribution in [-0.2, 0) is 6.42 Å². The first-order valence-corrected chi connectivity index (χ1v) is 20.1. The van der Waals surface area contributed by atoms with Gasteiger partial charge in [0.25, 0.3) is 0 Å². The van der Waals surface area contributed by atoms with E-state index < -0.39 is 0 Å². The zero-order valence-electron chi connectivity index (χ0n) is 32.0. The quantitative estimate of drug-likeness (QED) is 0.147. The predicted octanol–water partition coefficient (Wildman–Crippen LogP) is 15.7. The van der Waals surface area contributed by atoms with Gasteiger partial charge in [-0.05, 0) is 126 Å². The van der Waals surface area contributed by atoms with Gasteiger partial charge in [-0.2, -0.15) is 0 Å². The second-order valence-corrected chi connectivity index (χ2v) is 15.3. The van der Waals surface area contributed by atoms with Crippen molar-refractivity contribution in [1.29, 1.82) is 0 Å². The molecule has 10 aromatic rings. The summed E-state index contributed by atoms with van der Waals surface area (Å²) in [6.45, 7) is 0. The van der Waals surface area contributed by atoms with E-state index in [2.05, 4.69) is 229 Å². The first kappa shape index (κ1) is 33.8. The molecule has 0 fully saturated rings. The van der Waals surface area contributed by atoms with E-state index >= 15 is 0 Å². The standard InChI is InChI=1S/C57H39N/c1-3-11-39(12-4-1)41-21-23-42(24-22-41)43-29-33-49(34-30-43)58(56-20-9-16-46-26-25-44-15-7-8-17-52(44)57(46)56)50-35-31-45(32-36-50)51-18-10-19-53-54-37-47(40-13-5-2-6-14-40)27-28-48(54)38-55(51)53/h1-37H,38H2. The first-order chi connectivity index (χ1) is 28.7. The molecule has 0 saturated heterocycles. The molecule has 0 heterocycles. The molecule has 11 rings (SSSR count). The molecule has 0 saturated carbocycles. The van der Waals surface area contributed by atoms with E-state index in [0.717, 1.165) is 23.5 Å². The van der Waals surface area contributed by atoms with Crippen LogP contribution in [0.1, 0.15) is 11.1 Å². The summed E-state index contributed by atoms with van der Waals surface area (Å²) in [5.41, 5.74) is 18.8. The van der Waals surface area contributed by atoms with Gasteiger partial charge in [-0.1, -0.05) is 188 Å². The Balaban J connectivity index is 0.987. The maximum absolute atomic E-state index is 2.43. The smallest absolute Gasteiger partial charge is 0.0546 e. The van der Waals surface area contributed by atoms with Crippen LogP contribution in [0.2, 0.25) is 0 Å². The van der Waals surface area contributed by atoms with Crippen LogP contribution < -0.4 is 4.90 Å². The molecule has 0 aliphatic heterocycles. The second kappa shape index (κ2) is 14.2. The topological polar surface area (TPSA) is 3.24 Å². The summed E-state index contributed by atoms with van der Waals surface area (Å²) in [6, 6.07) is 82.1. The Morgan fingerprint density at radius 1 is 0.310 bits per heavy atom. The van der Waals surface area contributed by atoms with Gasteiger partial charge in [-0.25, -0.2) is 0 Å². The van der Waals surface area contributed by atoms with E-state index in [9.17, 15) is 0 Å². The van der Waals surface area contributed by atoms with Crippen LogP contribution in [0.25, 0.3) is 77.2 Å². The molecule has 10 aromatic carbocycles. The van der Waals surface area contributed by atoms with Crippen molar-refractivity contribution in [3.05, 3.63) is 236 Å². The van der Waals surface area contributed by atoms with Crippen LogP contribution in [0.4, 0.5) is 17.1 Å². The van der Waals surface area contributed by atoms with E-state index in [4.69, 9.17) is 0 Å². The van der Waals surface area contributed by atoms with Crippen LogP contribution in [0.15, 0.2) is 224 Å². The fourth-order valence-corrected chi connectivity index (χ4v) is 9.01. The van der Waals surface area contributed by atoms with Gasteiger partial charge in [0.05, 0.1) is 5.69 Å². The van der Waals surface area contributed by atoms with Crippen molar-refractivity contribution >= 4 is 38.6 Å². The molecule has 1 aliphatic carbocycles. The molecule has 272 valence electrons. The van der Waals surface area contributed by atoms with Crippen LogP contribution in [-0.4, -0.2) is 0 Å². The highest BCUT2D eigenvalue weighted by molar-refractivity contribution is 6.15. The fourth-order valence-electron chi connectivity index (χ4n) is 9.01. The third-order valence-corrected chi connectivity index (χ3v) is 11.9. The van der Waals surface area contributed by atoms with Crippen molar-refractivity contribution in [1.82, 2.24) is 0 Å². The average Bonchev–Trinajstić information content (AvgIpc) is 3.69. The molecule has 1 heteroatoms. The second-order valence-electron chi connectivity index (χ2n) is 15.3. The SMILES string of the molecule is c1ccc(-c2ccc(-c3ccc(N(c4ccc(-c5cccc6c5Cc5ccc(-c7ccccc7)cc5-6)cc4)c4cccc5ccc6ccccc6c45)cc3)cc2)cc1. The number of nitrogens with zero attached hydrogens (tertiary/aromatic N) is 1. The molecule has 0 aromatic heterocycles. The van der Waals surface area contributed by atoms with E-state index in [1.165, 1.54) is 88.3 Å². The number of rotatable bonds is 7. The zero-order chi connectivity index (χ0) is 38.4. The van der Waals surface area contributed by atoms with Crippen molar-refractivity contribution in [3.8, 4) is 55.6 Å². The number of benzene rings is 10. The largest absolute Gasteiger partial charge is 0.310 e. The molecular formula is C57H39N. The number of fused-ring (bicyclic) bond motifs is 6. The minimum atomic E-state index is 0.939. The van der Waals surface area contributed by atoms with Gasteiger partial charge in [-0.15, -0.1) is 0 Å². The average molecular weight is 738 g/mol.